The lowest BCUT2D eigenvalue weighted by atomic mass is 10.0. The maximum Gasteiger partial charge on any atom is 0.305 e. The van der Waals surface area contributed by atoms with E-state index in [1.165, 1.54) is 36.4 Å². The second kappa shape index (κ2) is 8.50. The summed E-state index contributed by atoms with van der Waals surface area (Å²) in [6, 6.07) is 10.6. The Labute approximate surface area is 174 Å². The molecule has 0 spiro atoms. The van der Waals surface area contributed by atoms with Gasteiger partial charge in [0.25, 0.3) is 5.91 Å². The predicted molar refractivity (Wildman–Crippen MR) is 107 cm³/mol. The Morgan fingerprint density at radius 1 is 1.21 bits per heavy atom. The van der Waals surface area contributed by atoms with E-state index in [0.717, 1.165) is 4.68 Å². The highest BCUT2D eigenvalue weighted by atomic mass is 35.5. The van der Waals surface area contributed by atoms with Crippen molar-refractivity contribution in [2.45, 2.75) is 12.5 Å². The summed E-state index contributed by atoms with van der Waals surface area (Å²) >= 11 is 12.1. The zero-order valence-corrected chi connectivity index (χ0v) is 16.3. The molecule has 4 N–H and O–H groups in total. The van der Waals surface area contributed by atoms with Gasteiger partial charge in [-0.1, -0.05) is 35.3 Å². The first-order chi connectivity index (χ1) is 13.8. The van der Waals surface area contributed by atoms with E-state index in [2.05, 4.69) is 10.4 Å². The van der Waals surface area contributed by atoms with Crippen molar-refractivity contribution in [2.24, 2.45) is 0 Å². The Hall–Kier alpha value is -3.10. The number of hydrogen-bond donors (Lipinski definition) is 3. The summed E-state index contributed by atoms with van der Waals surface area (Å²) in [4.78, 5) is 24.0. The van der Waals surface area contributed by atoms with Crippen LogP contribution in [-0.2, 0) is 4.79 Å². The standard InChI is InChI=1S/C19H15Cl2FN4O3/c20-10-5-6-12(21)11(7-10)14(9-18(27)28)24-19(29)15-8-17(23)26(25-15)16-4-2-1-3-13(16)22/h1-8,14H,9,23H2,(H,24,29)(H,27,28). The highest BCUT2D eigenvalue weighted by Gasteiger charge is 2.24. The third-order valence-corrected chi connectivity index (χ3v) is 4.65. The minimum absolute atomic E-state index is 0.0378. The molecule has 2 aromatic carbocycles. The molecule has 150 valence electrons. The summed E-state index contributed by atoms with van der Waals surface area (Å²) < 4.78 is 15.1. The predicted octanol–water partition coefficient (Wildman–Crippen LogP) is 3.85. The van der Waals surface area contributed by atoms with Crippen LogP contribution in [0, 0.1) is 5.82 Å². The molecule has 1 aromatic heterocycles. The Balaban J connectivity index is 1.91. The van der Waals surface area contributed by atoms with Crippen LogP contribution in [0.1, 0.15) is 28.5 Å². The van der Waals surface area contributed by atoms with E-state index in [1.54, 1.807) is 12.1 Å². The average Bonchev–Trinajstić information content (AvgIpc) is 3.05. The Morgan fingerprint density at radius 3 is 2.62 bits per heavy atom. The van der Waals surface area contributed by atoms with Gasteiger partial charge in [0.2, 0.25) is 0 Å². The molecular weight excluding hydrogens is 422 g/mol. The maximum atomic E-state index is 14.0. The lowest BCUT2D eigenvalue weighted by Gasteiger charge is -2.18. The van der Waals surface area contributed by atoms with Crippen LogP contribution in [-0.4, -0.2) is 26.8 Å². The lowest BCUT2D eigenvalue weighted by molar-refractivity contribution is -0.137. The summed E-state index contributed by atoms with van der Waals surface area (Å²) in [7, 11) is 0. The number of nitrogen functional groups attached to an aromatic ring is 1. The highest BCUT2D eigenvalue weighted by Crippen LogP contribution is 2.29. The fraction of sp³-hybridized carbons (Fsp3) is 0.105. The largest absolute Gasteiger partial charge is 0.481 e. The third-order valence-electron chi connectivity index (χ3n) is 4.07. The van der Waals surface area contributed by atoms with Gasteiger partial charge >= 0.3 is 5.97 Å². The number of aliphatic carboxylic acids is 1. The average molecular weight is 437 g/mol. The normalized spacial score (nSPS) is 11.8. The van der Waals surface area contributed by atoms with Gasteiger partial charge in [-0.2, -0.15) is 5.10 Å². The van der Waals surface area contributed by atoms with Gasteiger partial charge in [-0.25, -0.2) is 9.07 Å². The molecule has 0 aliphatic rings. The van der Waals surface area contributed by atoms with E-state index in [1.807, 2.05) is 0 Å². The number of aromatic nitrogens is 2. The number of hydrogen-bond acceptors (Lipinski definition) is 4. The third kappa shape index (κ3) is 4.67. The number of carbonyl (C=O) groups excluding carboxylic acids is 1. The lowest BCUT2D eigenvalue weighted by Crippen LogP contribution is -2.30. The first-order valence-electron chi connectivity index (χ1n) is 8.34. The Morgan fingerprint density at radius 2 is 1.93 bits per heavy atom. The van der Waals surface area contributed by atoms with E-state index in [4.69, 9.17) is 28.9 Å². The fourth-order valence-electron chi connectivity index (χ4n) is 2.75. The molecule has 10 heteroatoms. The van der Waals surface area contributed by atoms with E-state index in [9.17, 15) is 19.1 Å². The van der Waals surface area contributed by atoms with Crippen LogP contribution in [0.15, 0.2) is 48.5 Å². The highest BCUT2D eigenvalue weighted by molar-refractivity contribution is 6.33. The number of amides is 1. The number of carboxylic acid groups (broad SMARTS) is 1. The van der Waals surface area contributed by atoms with Crippen molar-refractivity contribution in [3.05, 3.63) is 75.7 Å². The van der Waals surface area contributed by atoms with Crippen LogP contribution in [0.4, 0.5) is 10.2 Å². The van der Waals surface area contributed by atoms with Crippen molar-refractivity contribution in [2.75, 3.05) is 5.73 Å². The summed E-state index contributed by atoms with van der Waals surface area (Å²) in [6.45, 7) is 0. The van der Waals surface area contributed by atoms with Crippen molar-refractivity contribution >= 4 is 40.9 Å². The molecule has 0 saturated heterocycles. The van der Waals surface area contributed by atoms with E-state index in [-0.39, 0.29) is 22.2 Å². The van der Waals surface area contributed by atoms with Gasteiger partial charge in [0.1, 0.15) is 17.3 Å². The molecule has 0 radical (unpaired) electrons. The number of rotatable bonds is 6. The first-order valence-corrected chi connectivity index (χ1v) is 9.10. The van der Waals surface area contributed by atoms with Crippen LogP contribution in [0.2, 0.25) is 10.0 Å². The number of carbonyl (C=O) groups is 2. The SMILES string of the molecule is Nc1cc(C(=O)NC(CC(=O)O)c2cc(Cl)ccc2Cl)nn1-c1ccccc1F. The summed E-state index contributed by atoms with van der Waals surface area (Å²) in [6.07, 6.45) is -0.435. The van der Waals surface area contributed by atoms with Gasteiger partial charge in [-0.15, -0.1) is 0 Å². The number of benzene rings is 2. The minimum Gasteiger partial charge on any atom is -0.481 e. The molecule has 29 heavy (non-hydrogen) atoms. The number of nitrogens with two attached hydrogens (primary N) is 1. The summed E-state index contributed by atoms with van der Waals surface area (Å²) in [5.74, 6) is -2.38. The Kier molecular flexibility index (Phi) is 6.05. The van der Waals surface area contributed by atoms with Crippen molar-refractivity contribution < 1.29 is 19.1 Å². The number of nitrogens with one attached hydrogen (secondary N) is 1. The van der Waals surface area contributed by atoms with Gasteiger partial charge < -0.3 is 16.2 Å². The monoisotopic (exact) mass is 436 g/mol. The first kappa shape index (κ1) is 20.6. The molecule has 1 heterocycles. The second-order valence-corrected chi connectivity index (χ2v) is 6.95. The summed E-state index contributed by atoms with van der Waals surface area (Å²) in [5.41, 5.74) is 6.17. The Bertz CT molecular complexity index is 1090. The van der Waals surface area contributed by atoms with Crippen molar-refractivity contribution in [3.8, 4) is 5.69 Å². The number of nitrogens with zero attached hydrogens (tertiary/aromatic N) is 2. The fourth-order valence-corrected chi connectivity index (χ4v) is 3.18. The quantitative estimate of drug-likeness (QED) is 0.543. The van der Waals surface area contributed by atoms with Crippen LogP contribution >= 0.6 is 23.2 Å². The number of anilines is 1. The van der Waals surface area contributed by atoms with Crippen LogP contribution in [0.25, 0.3) is 5.69 Å². The number of carboxylic acids is 1. The van der Waals surface area contributed by atoms with Gasteiger partial charge in [0.05, 0.1) is 12.5 Å². The molecule has 3 rings (SSSR count). The van der Waals surface area contributed by atoms with Gasteiger partial charge in [0, 0.05) is 16.1 Å². The minimum atomic E-state index is -1.15. The summed E-state index contributed by atoms with van der Waals surface area (Å²) in [5, 5.41) is 16.4. The van der Waals surface area contributed by atoms with Gasteiger partial charge in [0.15, 0.2) is 5.69 Å². The van der Waals surface area contributed by atoms with Gasteiger partial charge in [-0.05, 0) is 35.9 Å². The van der Waals surface area contributed by atoms with Crippen molar-refractivity contribution in [3.63, 3.8) is 0 Å². The van der Waals surface area contributed by atoms with Crippen molar-refractivity contribution in [1.29, 1.82) is 0 Å². The van der Waals surface area contributed by atoms with E-state index in [0.29, 0.717) is 10.6 Å². The van der Waals surface area contributed by atoms with Crippen molar-refractivity contribution in [1.82, 2.24) is 15.1 Å². The van der Waals surface area contributed by atoms with Gasteiger partial charge in [-0.3, -0.25) is 9.59 Å². The molecule has 0 aliphatic heterocycles. The van der Waals surface area contributed by atoms with Crippen LogP contribution < -0.4 is 11.1 Å². The van der Waals surface area contributed by atoms with E-state index >= 15 is 0 Å². The van der Waals surface area contributed by atoms with Crippen LogP contribution in [0.3, 0.4) is 0 Å². The molecular formula is C19H15Cl2FN4O3. The molecule has 0 aliphatic carbocycles. The molecule has 0 fully saturated rings. The second-order valence-electron chi connectivity index (χ2n) is 6.11. The van der Waals surface area contributed by atoms with E-state index < -0.39 is 30.2 Å². The molecule has 7 nitrogen and oxygen atoms in total. The number of halogens is 3. The molecule has 3 aromatic rings. The number of para-hydroxylation sites is 1. The van der Waals surface area contributed by atoms with Crippen LogP contribution in [0.5, 0.6) is 0 Å². The zero-order valence-electron chi connectivity index (χ0n) is 14.8. The topological polar surface area (TPSA) is 110 Å². The molecule has 1 atom stereocenters. The smallest absolute Gasteiger partial charge is 0.305 e. The zero-order chi connectivity index (χ0) is 21.1. The molecule has 1 amide bonds. The molecule has 0 saturated carbocycles. The maximum absolute atomic E-state index is 14.0. The molecule has 0 bridgehead atoms. The molecule has 1 unspecified atom stereocenters.